The van der Waals surface area contributed by atoms with Crippen LogP contribution in [0.1, 0.15) is 25.3 Å². The smallest absolute Gasteiger partial charge is 0.410 e. The first-order valence-corrected chi connectivity index (χ1v) is 9.00. The van der Waals surface area contributed by atoms with E-state index in [0.29, 0.717) is 37.0 Å². The van der Waals surface area contributed by atoms with Gasteiger partial charge in [-0.15, -0.1) is 0 Å². The minimum atomic E-state index is -0.390. The summed E-state index contributed by atoms with van der Waals surface area (Å²) in [7, 11) is 3.39. The van der Waals surface area contributed by atoms with Crippen LogP contribution < -0.4 is 9.47 Å². The predicted octanol–water partition coefficient (Wildman–Crippen LogP) is 3.16. The number of hydrogen-bond acceptors (Lipinski definition) is 5. The summed E-state index contributed by atoms with van der Waals surface area (Å²) in [5.41, 5.74) is 0.603. The fourth-order valence-electron chi connectivity index (χ4n) is 3.57. The first kappa shape index (κ1) is 18.1. The van der Waals surface area contributed by atoms with Crippen LogP contribution in [0, 0.1) is 0 Å². The molecule has 2 aliphatic rings. The summed E-state index contributed by atoms with van der Waals surface area (Å²) in [5, 5.41) is 0.622. The molecule has 6 nitrogen and oxygen atoms in total. The first-order chi connectivity index (χ1) is 12.0. The molecule has 0 radical (unpaired) electrons. The SMILES string of the molecule is CCCOc1c(CN2CCC3(C2)CN(C)C(=O)O3)cc(Cl)cc1OC. The van der Waals surface area contributed by atoms with Crippen LogP contribution in [0.15, 0.2) is 12.1 Å². The van der Waals surface area contributed by atoms with E-state index in [1.807, 2.05) is 6.07 Å². The Morgan fingerprint density at radius 2 is 2.16 bits per heavy atom. The van der Waals surface area contributed by atoms with Gasteiger partial charge in [-0.1, -0.05) is 18.5 Å². The molecule has 1 amide bonds. The van der Waals surface area contributed by atoms with E-state index in [9.17, 15) is 4.79 Å². The number of ether oxygens (including phenoxy) is 3. The molecule has 2 aliphatic heterocycles. The van der Waals surface area contributed by atoms with Gasteiger partial charge in [0.15, 0.2) is 11.5 Å². The standard InChI is InChI=1S/C18H25ClN2O4/c1-4-7-24-16-13(8-14(19)9-15(16)23-3)10-21-6-5-18(12-21)11-20(2)17(22)25-18/h8-9H,4-7,10-12H2,1-3H3. The Morgan fingerprint density at radius 1 is 1.36 bits per heavy atom. The van der Waals surface area contributed by atoms with Crippen molar-refractivity contribution in [1.29, 1.82) is 0 Å². The maximum atomic E-state index is 11.7. The van der Waals surface area contributed by atoms with E-state index in [1.165, 1.54) is 0 Å². The molecule has 2 heterocycles. The third-order valence-corrected chi connectivity index (χ3v) is 4.92. The number of carbonyl (C=O) groups excluding carboxylic acids is 1. The molecular formula is C18H25ClN2O4. The Labute approximate surface area is 153 Å². The topological polar surface area (TPSA) is 51.2 Å². The van der Waals surface area contributed by atoms with E-state index >= 15 is 0 Å². The van der Waals surface area contributed by atoms with Gasteiger partial charge in [-0.05, 0) is 12.5 Å². The fraction of sp³-hybridized carbons (Fsp3) is 0.611. The minimum Gasteiger partial charge on any atom is -0.493 e. The molecule has 2 saturated heterocycles. The molecule has 0 aliphatic carbocycles. The normalized spacial score (nSPS) is 23.4. The van der Waals surface area contributed by atoms with E-state index in [4.69, 9.17) is 25.8 Å². The Morgan fingerprint density at radius 3 is 2.80 bits per heavy atom. The average molecular weight is 369 g/mol. The molecule has 1 spiro atoms. The molecule has 0 bridgehead atoms. The summed E-state index contributed by atoms with van der Waals surface area (Å²) in [6, 6.07) is 3.70. The van der Waals surface area contributed by atoms with Crippen molar-refractivity contribution >= 4 is 17.7 Å². The molecule has 1 atom stereocenters. The van der Waals surface area contributed by atoms with Crippen LogP contribution >= 0.6 is 11.6 Å². The van der Waals surface area contributed by atoms with Gasteiger partial charge in [0, 0.05) is 49.8 Å². The Balaban J connectivity index is 1.76. The molecule has 25 heavy (non-hydrogen) atoms. The third kappa shape index (κ3) is 3.80. The van der Waals surface area contributed by atoms with Crippen LogP contribution in [0.3, 0.4) is 0 Å². The predicted molar refractivity (Wildman–Crippen MR) is 95.5 cm³/mol. The van der Waals surface area contributed by atoms with Crippen LogP contribution in [0.25, 0.3) is 0 Å². The van der Waals surface area contributed by atoms with Crippen molar-refractivity contribution in [3.8, 4) is 11.5 Å². The summed E-state index contributed by atoms with van der Waals surface area (Å²) in [6.45, 7) is 5.59. The number of likely N-dealkylation sites (N-methyl/N-ethyl adjacent to an activating group) is 1. The quantitative estimate of drug-likeness (QED) is 0.772. The van der Waals surface area contributed by atoms with Gasteiger partial charge in [-0.3, -0.25) is 4.90 Å². The van der Waals surface area contributed by atoms with Crippen molar-refractivity contribution in [3.63, 3.8) is 0 Å². The number of rotatable bonds is 6. The molecule has 3 rings (SSSR count). The molecule has 138 valence electrons. The lowest BCUT2D eigenvalue weighted by atomic mass is 10.0. The van der Waals surface area contributed by atoms with E-state index in [-0.39, 0.29) is 11.7 Å². The lowest BCUT2D eigenvalue weighted by Crippen LogP contribution is -2.37. The second-order valence-corrected chi connectivity index (χ2v) is 7.25. The number of nitrogens with zero attached hydrogens (tertiary/aromatic N) is 2. The highest BCUT2D eigenvalue weighted by Gasteiger charge is 2.48. The lowest BCUT2D eigenvalue weighted by molar-refractivity contribution is 0.0626. The van der Waals surface area contributed by atoms with Crippen LogP contribution in [0.4, 0.5) is 4.79 Å². The zero-order chi connectivity index (χ0) is 18.0. The largest absolute Gasteiger partial charge is 0.493 e. The van der Waals surface area contributed by atoms with E-state index in [1.54, 1.807) is 25.1 Å². The molecule has 1 aromatic rings. The van der Waals surface area contributed by atoms with Gasteiger partial charge in [0.1, 0.15) is 5.60 Å². The minimum absolute atomic E-state index is 0.238. The second kappa shape index (κ2) is 7.30. The highest BCUT2D eigenvalue weighted by atomic mass is 35.5. The van der Waals surface area contributed by atoms with Gasteiger partial charge in [-0.25, -0.2) is 4.79 Å². The summed E-state index contributed by atoms with van der Waals surface area (Å²) < 4.78 is 17.0. The van der Waals surface area contributed by atoms with Gasteiger partial charge < -0.3 is 19.1 Å². The molecule has 1 aromatic carbocycles. The summed E-state index contributed by atoms with van der Waals surface area (Å²) in [6.07, 6.45) is 1.52. The maximum absolute atomic E-state index is 11.7. The monoisotopic (exact) mass is 368 g/mol. The molecule has 0 N–H and O–H groups in total. The van der Waals surface area contributed by atoms with Crippen LogP contribution in [-0.2, 0) is 11.3 Å². The highest BCUT2D eigenvalue weighted by molar-refractivity contribution is 6.30. The van der Waals surface area contributed by atoms with Crippen molar-refractivity contribution in [2.24, 2.45) is 0 Å². The van der Waals surface area contributed by atoms with Crippen LogP contribution in [0.5, 0.6) is 11.5 Å². The fourth-order valence-corrected chi connectivity index (χ4v) is 3.80. The van der Waals surface area contributed by atoms with Crippen molar-refractivity contribution < 1.29 is 19.0 Å². The van der Waals surface area contributed by atoms with Crippen LogP contribution in [-0.4, -0.2) is 61.9 Å². The molecular weight excluding hydrogens is 344 g/mol. The first-order valence-electron chi connectivity index (χ1n) is 8.62. The van der Waals surface area contributed by atoms with Crippen molar-refractivity contribution in [1.82, 2.24) is 9.80 Å². The molecule has 1 unspecified atom stereocenters. The number of amides is 1. The number of halogens is 1. The van der Waals surface area contributed by atoms with Gasteiger partial charge in [-0.2, -0.15) is 0 Å². The summed E-state index contributed by atoms with van der Waals surface area (Å²) >= 11 is 6.25. The van der Waals surface area contributed by atoms with Gasteiger partial charge >= 0.3 is 6.09 Å². The summed E-state index contributed by atoms with van der Waals surface area (Å²) in [5.74, 6) is 1.40. The van der Waals surface area contributed by atoms with E-state index in [2.05, 4.69) is 11.8 Å². The zero-order valence-electron chi connectivity index (χ0n) is 15.0. The van der Waals surface area contributed by atoms with Crippen molar-refractivity contribution in [2.45, 2.75) is 31.9 Å². The van der Waals surface area contributed by atoms with Crippen molar-refractivity contribution in [3.05, 3.63) is 22.7 Å². The molecule has 2 fully saturated rings. The Hall–Kier alpha value is -1.66. The average Bonchev–Trinajstić information content (AvgIpc) is 3.08. The number of hydrogen-bond donors (Lipinski definition) is 0. The number of likely N-dealkylation sites (tertiary alicyclic amines) is 1. The van der Waals surface area contributed by atoms with Crippen molar-refractivity contribution in [2.75, 3.05) is 40.4 Å². The molecule has 7 heteroatoms. The molecule has 0 aromatic heterocycles. The number of benzene rings is 1. The van der Waals surface area contributed by atoms with Gasteiger partial charge in [0.25, 0.3) is 0 Å². The Bertz CT molecular complexity index is 654. The zero-order valence-corrected chi connectivity index (χ0v) is 15.8. The van der Waals surface area contributed by atoms with Crippen LogP contribution in [0.2, 0.25) is 5.02 Å². The third-order valence-electron chi connectivity index (χ3n) is 4.70. The highest BCUT2D eigenvalue weighted by Crippen LogP contribution is 2.38. The second-order valence-electron chi connectivity index (χ2n) is 6.81. The Kier molecular flexibility index (Phi) is 5.29. The van der Waals surface area contributed by atoms with E-state index < -0.39 is 0 Å². The van der Waals surface area contributed by atoms with E-state index in [0.717, 1.165) is 30.7 Å². The molecule has 0 saturated carbocycles. The maximum Gasteiger partial charge on any atom is 0.410 e. The lowest BCUT2D eigenvalue weighted by Gasteiger charge is -2.23. The van der Waals surface area contributed by atoms with Gasteiger partial charge in [0.05, 0.1) is 20.3 Å². The number of carbonyl (C=O) groups is 1. The summed E-state index contributed by atoms with van der Waals surface area (Å²) in [4.78, 5) is 15.6. The number of methoxy groups -OCH3 is 1. The van der Waals surface area contributed by atoms with Gasteiger partial charge in [0.2, 0.25) is 0 Å².